The number of nitrogens with zero attached hydrogens (tertiary/aromatic N) is 1. The van der Waals surface area contributed by atoms with E-state index in [2.05, 4.69) is 23.5 Å². The number of likely N-dealkylation sites (tertiary alicyclic amines) is 1. The summed E-state index contributed by atoms with van der Waals surface area (Å²) in [7, 11) is 2.22. The minimum absolute atomic E-state index is 0.793. The Balaban J connectivity index is 1.87. The number of piperidine rings is 1. The molecule has 1 aliphatic rings. The predicted octanol–water partition coefficient (Wildman–Crippen LogP) is 2.20. The van der Waals surface area contributed by atoms with E-state index in [1.165, 1.54) is 57.5 Å². The van der Waals surface area contributed by atoms with Crippen LogP contribution >= 0.6 is 11.8 Å². The molecule has 0 aromatic carbocycles. The Bertz CT molecular complexity index is 145. The molecule has 1 fully saturated rings. The molecule has 90 valence electrons. The van der Waals surface area contributed by atoms with Gasteiger partial charge in [-0.05, 0) is 64.4 Å². The summed E-state index contributed by atoms with van der Waals surface area (Å²) < 4.78 is 0. The van der Waals surface area contributed by atoms with Gasteiger partial charge in [-0.1, -0.05) is 6.42 Å². The molecule has 0 aromatic rings. The Labute approximate surface area is 99.2 Å². The highest BCUT2D eigenvalue weighted by Gasteiger charge is 2.14. The van der Waals surface area contributed by atoms with Crippen molar-refractivity contribution in [1.82, 2.24) is 10.2 Å². The van der Waals surface area contributed by atoms with Crippen LogP contribution in [0.5, 0.6) is 0 Å². The Kier molecular flexibility index (Phi) is 7.49. The second kappa shape index (κ2) is 8.43. The van der Waals surface area contributed by atoms with Crippen molar-refractivity contribution in [3.05, 3.63) is 0 Å². The molecule has 0 radical (unpaired) electrons. The quantitative estimate of drug-likeness (QED) is 0.675. The van der Waals surface area contributed by atoms with Gasteiger partial charge in [0, 0.05) is 6.04 Å². The Morgan fingerprint density at radius 1 is 1.20 bits per heavy atom. The molecule has 0 bridgehead atoms. The lowest BCUT2D eigenvalue weighted by atomic mass is 10.1. The summed E-state index contributed by atoms with van der Waals surface area (Å²) in [6, 6.07) is 0.793. The molecule has 1 saturated heterocycles. The van der Waals surface area contributed by atoms with Crippen LogP contribution in [0.15, 0.2) is 0 Å². The van der Waals surface area contributed by atoms with Gasteiger partial charge in [-0.3, -0.25) is 0 Å². The highest BCUT2D eigenvalue weighted by atomic mass is 32.2. The molecular weight excluding hydrogens is 204 g/mol. The van der Waals surface area contributed by atoms with Crippen molar-refractivity contribution in [3.63, 3.8) is 0 Å². The standard InChI is InChI=1S/C12H26N2S/c1-14-9-6-12(7-10-14)13-8-4-3-5-11-15-2/h12-13H,3-11H2,1-2H3. The summed E-state index contributed by atoms with van der Waals surface area (Å²) in [5.74, 6) is 1.33. The second-order valence-corrected chi connectivity index (χ2v) is 5.57. The molecule has 0 aliphatic carbocycles. The molecule has 0 atom stereocenters. The van der Waals surface area contributed by atoms with Crippen LogP contribution in [0.4, 0.5) is 0 Å². The largest absolute Gasteiger partial charge is 0.314 e. The molecular formula is C12H26N2S. The van der Waals surface area contributed by atoms with Crippen molar-refractivity contribution in [2.75, 3.05) is 38.7 Å². The van der Waals surface area contributed by atoms with E-state index in [-0.39, 0.29) is 0 Å². The number of unbranched alkanes of at least 4 members (excludes halogenated alkanes) is 2. The van der Waals surface area contributed by atoms with Gasteiger partial charge in [0.2, 0.25) is 0 Å². The summed E-state index contributed by atoms with van der Waals surface area (Å²) in [5.41, 5.74) is 0. The number of thioether (sulfide) groups is 1. The first kappa shape index (κ1) is 13.3. The van der Waals surface area contributed by atoms with Crippen molar-refractivity contribution >= 4 is 11.8 Å². The normalized spacial score (nSPS) is 19.6. The van der Waals surface area contributed by atoms with Gasteiger partial charge in [0.1, 0.15) is 0 Å². The van der Waals surface area contributed by atoms with Crippen LogP contribution in [0.3, 0.4) is 0 Å². The van der Waals surface area contributed by atoms with Gasteiger partial charge in [0.25, 0.3) is 0 Å². The zero-order valence-electron chi connectivity index (χ0n) is 10.3. The fourth-order valence-corrected chi connectivity index (χ4v) is 2.56. The average Bonchev–Trinajstić information content (AvgIpc) is 2.26. The fourth-order valence-electron chi connectivity index (χ4n) is 2.07. The van der Waals surface area contributed by atoms with Crippen LogP contribution in [0.2, 0.25) is 0 Å². The molecule has 0 saturated carbocycles. The van der Waals surface area contributed by atoms with E-state index in [4.69, 9.17) is 0 Å². The molecule has 1 rings (SSSR count). The van der Waals surface area contributed by atoms with E-state index in [1.807, 2.05) is 11.8 Å². The maximum atomic E-state index is 3.69. The van der Waals surface area contributed by atoms with Crippen LogP contribution in [0.1, 0.15) is 32.1 Å². The minimum Gasteiger partial charge on any atom is -0.314 e. The summed E-state index contributed by atoms with van der Waals surface area (Å²) in [6.07, 6.45) is 8.99. The molecule has 3 heteroatoms. The molecule has 15 heavy (non-hydrogen) atoms. The van der Waals surface area contributed by atoms with E-state index in [0.29, 0.717) is 0 Å². The third-order valence-electron chi connectivity index (χ3n) is 3.18. The molecule has 0 unspecified atom stereocenters. The van der Waals surface area contributed by atoms with Gasteiger partial charge < -0.3 is 10.2 Å². The summed E-state index contributed by atoms with van der Waals surface area (Å²) in [6.45, 7) is 3.76. The molecule has 0 spiro atoms. The van der Waals surface area contributed by atoms with Crippen LogP contribution < -0.4 is 5.32 Å². The average molecular weight is 230 g/mol. The first-order chi connectivity index (χ1) is 7.33. The number of hydrogen-bond acceptors (Lipinski definition) is 3. The zero-order valence-corrected chi connectivity index (χ0v) is 11.1. The van der Waals surface area contributed by atoms with Crippen molar-refractivity contribution in [3.8, 4) is 0 Å². The minimum atomic E-state index is 0.793. The van der Waals surface area contributed by atoms with Gasteiger partial charge in [-0.2, -0.15) is 11.8 Å². The van der Waals surface area contributed by atoms with Gasteiger partial charge >= 0.3 is 0 Å². The number of nitrogens with one attached hydrogen (secondary N) is 1. The maximum absolute atomic E-state index is 3.69. The first-order valence-electron chi connectivity index (χ1n) is 6.24. The maximum Gasteiger partial charge on any atom is 0.00914 e. The Morgan fingerprint density at radius 3 is 2.60 bits per heavy atom. The van der Waals surface area contributed by atoms with E-state index in [9.17, 15) is 0 Å². The van der Waals surface area contributed by atoms with E-state index in [0.717, 1.165) is 6.04 Å². The van der Waals surface area contributed by atoms with Crippen molar-refractivity contribution in [2.24, 2.45) is 0 Å². The molecule has 0 amide bonds. The number of rotatable bonds is 7. The van der Waals surface area contributed by atoms with E-state index >= 15 is 0 Å². The molecule has 1 aliphatic heterocycles. The Hall–Kier alpha value is 0.270. The second-order valence-electron chi connectivity index (χ2n) is 4.59. The van der Waals surface area contributed by atoms with Crippen molar-refractivity contribution in [1.29, 1.82) is 0 Å². The lowest BCUT2D eigenvalue weighted by Crippen LogP contribution is -2.41. The van der Waals surface area contributed by atoms with Crippen LogP contribution in [-0.4, -0.2) is 49.6 Å². The zero-order chi connectivity index (χ0) is 10.9. The first-order valence-corrected chi connectivity index (χ1v) is 7.63. The highest BCUT2D eigenvalue weighted by molar-refractivity contribution is 7.98. The van der Waals surface area contributed by atoms with Gasteiger partial charge in [-0.25, -0.2) is 0 Å². The highest BCUT2D eigenvalue weighted by Crippen LogP contribution is 2.08. The van der Waals surface area contributed by atoms with E-state index < -0.39 is 0 Å². The Morgan fingerprint density at radius 2 is 1.93 bits per heavy atom. The SMILES string of the molecule is CSCCCCCNC1CCN(C)CC1. The number of hydrogen-bond donors (Lipinski definition) is 1. The third kappa shape index (κ3) is 6.44. The monoisotopic (exact) mass is 230 g/mol. The fraction of sp³-hybridized carbons (Fsp3) is 1.00. The van der Waals surface area contributed by atoms with Crippen molar-refractivity contribution < 1.29 is 0 Å². The van der Waals surface area contributed by atoms with Gasteiger partial charge in [0.05, 0.1) is 0 Å². The van der Waals surface area contributed by atoms with E-state index in [1.54, 1.807) is 0 Å². The van der Waals surface area contributed by atoms with Crippen LogP contribution in [0, 0.1) is 0 Å². The molecule has 1 heterocycles. The smallest absolute Gasteiger partial charge is 0.00914 e. The molecule has 2 nitrogen and oxygen atoms in total. The third-order valence-corrected chi connectivity index (χ3v) is 3.87. The van der Waals surface area contributed by atoms with Gasteiger partial charge in [0.15, 0.2) is 0 Å². The van der Waals surface area contributed by atoms with Crippen LogP contribution in [0.25, 0.3) is 0 Å². The topological polar surface area (TPSA) is 15.3 Å². The summed E-state index contributed by atoms with van der Waals surface area (Å²) in [5, 5.41) is 3.69. The summed E-state index contributed by atoms with van der Waals surface area (Å²) in [4.78, 5) is 2.43. The lowest BCUT2D eigenvalue weighted by molar-refractivity contribution is 0.234. The molecule has 1 N–H and O–H groups in total. The molecule has 0 aromatic heterocycles. The van der Waals surface area contributed by atoms with Crippen molar-refractivity contribution in [2.45, 2.75) is 38.1 Å². The predicted molar refractivity (Wildman–Crippen MR) is 70.8 cm³/mol. The summed E-state index contributed by atoms with van der Waals surface area (Å²) >= 11 is 1.96. The van der Waals surface area contributed by atoms with Crippen LogP contribution in [-0.2, 0) is 0 Å². The lowest BCUT2D eigenvalue weighted by Gasteiger charge is -2.29. The van der Waals surface area contributed by atoms with Gasteiger partial charge in [-0.15, -0.1) is 0 Å².